The second kappa shape index (κ2) is 6.01. The standard InChI is InChI=1S/C15H17NOS/c1-3-6-14(15(17)12-8-9-12)18-11(2)13-7-4-5-10-16-13/h4-7,10,12H,2-3,8-9H2,1H3/b14-6+. The highest BCUT2D eigenvalue weighted by Crippen LogP contribution is 2.39. The van der Waals surface area contributed by atoms with Crippen molar-refractivity contribution in [2.75, 3.05) is 0 Å². The highest BCUT2D eigenvalue weighted by atomic mass is 32.2. The van der Waals surface area contributed by atoms with Gasteiger partial charge in [0.15, 0.2) is 5.78 Å². The molecule has 1 aromatic rings. The Balaban J connectivity index is 2.07. The first kappa shape index (κ1) is 13.1. The molecule has 0 saturated heterocycles. The Bertz CT molecular complexity index is 475. The maximum absolute atomic E-state index is 12.1. The summed E-state index contributed by atoms with van der Waals surface area (Å²) in [7, 11) is 0. The molecule has 0 N–H and O–H groups in total. The number of carbonyl (C=O) groups excluding carboxylic acids is 1. The molecule has 1 heterocycles. The second-order valence-electron chi connectivity index (χ2n) is 4.36. The van der Waals surface area contributed by atoms with Gasteiger partial charge in [0.1, 0.15) is 0 Å². The zero-order chi connectivity index (χ0) is 13.0. The zero-order valence-corrected chi connectivity index (χ0v) is 11.4. The zero-order valence-electron chi connectivity index (χ0n) is 10.6. The van der Waals surface area contributed by atoms with Gasteiger partial charge < -0.3 is 0 Å². The topological polar surface area (TPSA) is 30.0 Å². The number of carbonyl (C=O) groups is 1. The third-order valence-corrected chi connectivity index (χ3v) is 3.81. The summed E-state index contributed by atoms with van der Waals surface area (Å²) in [5, 5.41) is 0. The van der Waals surface area contributed by atoms with Crippen molar-refractivity contribution in [2.24, 2.45) is 5.92 Å². The number of rotatable bonds is 6. The van der Waals surface area contributed by atoms with Crippen LogP contribution in [0.3, 0.4) is 0 Å². The van der Waals surface area contributed by atoms with Crippen molar-refractivity contribution in [3.63, 3.8) is 0 Å². The predicted octanol–water partition coefficient (Wildman–Crippen LogP) is 4.06. The van der Waals surface area contributed by atoms with E-state index in [9.17, 15) is 4.79 Å². The van der Waals surface area contributed by atoms with Crippen LogP contribution in [-0.4, -0.2) is 10.8 Å². The quantitative estimate of drug-likeness (QED) is 0.722. The number of allylic oxidation sites excluding steroid dienone is 2. The Hall–Kier alpha value is -1.35. The van der Waals surface area contributed by atoms with Gasteiger partial charge in [-0.3, -0.25) is 9.78 Å². The maximum atomic E-state index is 12.1. The average molecular weight is 259 g/mol. The lowest BCUT2D eigenvalue weighted by Crippen LogP contribution is -2.02. The van der Waals surface area contributed by atoms with Gasteiger partial charge in [-0.15, -0.1) is 0 Å². The lowest BCUT2D eigenvalue weighted by atomic mass is 10.2. The summed E-state index contributed by atoms with van der Waals surface area (Å²) < 4.78 is 0. The summed E-state index contributed by atoms with van der Waals surface area (Å²) in [5.74, 6) is 0.533. The molecule has 18 heavy (non-hydrogen) atoms. The van der Waals surface area contributed by atoms with Gasteiger partial charge in [-0.2, -0.15) is 0 Å². The van der Waals surface area contributed by atoms with E-state index in [1.54, 1.807) is 6.20 Å². The number of Topliss-reactive ketones (excluding diaryl/α,β-unsaturated/α-hetero) is 1. The molecule has 3 heteroatoms. The van der Waals surface area contributed by atoms with Crippen LogP contribution >= 0.6 is 11.8 Å². The number of aromatic nitrogens is 1. The molecular weight excluding hydrogens is 242 g/mol. The van der Waals surface area contributed by atoms with Crippen molar-refractivity contribution in [3.05, 3.63) is 47.6 Å². The van der Waals surface area contributed by atoms with Crippen molar-refractivity contribution < 1.29 is 4.79 Å². The Kier molecular flexibility index (Phi) is 4.37. The highest BCUT2D eigenvalue weighted by molar-refractivity contribution is 8.12. The number of hydrogen-bond donors (Lipinski definition) is 0. The first-order valence-electron chi connectivity index (χ1n) is 6.25. The van der Waals surface area contributed by atoms with Gasteiger partial charge in [0.25, 0.3) is 0 Å². The number of ketones is 1. The molecule has 2 nitrogen and oxygen atoms in total. The highest BCUT2D eigenvalue weighted by Gasteiger charge is 2.32. The molecule has 1 saturated carbocycles. The average Bonchev–Trinajstić information content (AvgIpc) is 3.22. The molecule has 0 bridgehead atoms. The number of nitrogens with zero attached hydrogens (tertiary/aromatic N) is 1. The van der Waals surface area contributed by atoms with E-state index < -0.39 is 0 Å². The molecule has 0 amide bonds. The van der Waals surface area contributed by atoms with E-state index in [1.807, 2.05) is 31.2 Å². The number of pyridine rings is 1. The van der Waals surface area contributed by atoms with Crippen molar-refractivity contribution in [2.45, 2.75) is 26.2 Å². The fourth-order valence-corrected chi connectivity index (χ4v) is 2.65. The van der Waals surface area contributed by atoms with Gasteiger partial charge in [0.2, 0.25) is 0 Å². The van der Waals surface area contributed by atoms with Gasteiger partial charge >= 0.3 is 0 Å². The minimum absolute atomic E-state index is 0.256. The van der Waals surface area contributed by atoms with Gasteiger partial charge in [-0.1, -0.05) is 37.4 Å². The van der Waals surface area contributed by atoms with Crippen molar-refractivity contribution >= 4 is 22.5 Å². The third-order valence-electron chi connectivity index (χ3n) is 2.76. The van der Waals surface area contributed by atoms with E-state index in [0.717, 1.165) is 34.8 Å². The third kappa shape index (κ3) is 3.33. The maximum Gasteiger partial charge on any atom is 0.172 e. The minimum atomic E-state index is 0.256. The Morgan fingerprint density at radius 1 is 1.56 bits per heavy atom. The number of thioether (sulfide) groups is 1. The normalized spacial score (nSPS) is 15.5. The molecule has 94 valence electrons. The van der Waals surface area contributed by atoms with Crippen molar-refractivity contribution in [3.8, 4) is 0 Å². The fraction of sp³-hybridized carbons (Fsp3) is 0.333. The summed E-state index contributed by atoms with van der Waals surface area (Å²) in [6, 6.07) is 5.72. The lowest BCUT2D eigenvalue weighted by Gasteiger charge is -2.07. The van der Waals surface area contributed by atoms with Crippen LogP contribution in [0.1, 0.15) is 31.9 Å². The van der Waals surface area contributed by atoms with Crippen molar-refractivity contribution in [1.29, 1.82) is 0 Å². The SMILES string of the molecule is C=C(S/C(=C/CC)C(=O)C1CC1)c1ccccn1. The Morgan fingerprint density at radius 3 is 2.89 bits per heavy atom. The molecular formula is C15H17NOS. The van der Waals surface area contributed by atoms with E-state index in [2.05, 4.69) is 11.6 Å². The molecule has 0 spiro atoms. The summed E-state index contributed by atoms with van der Waals surface area (Å²) in [6.45, 7) is 6.06. The van der Waals surface area contributed by atoms with Gasteiger partial charge in [0.05, 0.1) is 10.6 Å². The van der Waals surface area contributed by atoms with Gasteiger partial charge in [-0.05, 0) is 31.4 Å². The molecule has 1 fully saturated rings. The van der Waals surface area contributed by atoms with Crippen LogP contribution in [0.15, 0.2) is 42.0 Å². The number of hydrogen-bond acceptors (Lipinski definition) is 3. The smallest absolute Gasteiger partial charge is 0.172 e. The predicted molar refractivity (Wildman–Crippen MR) is 77.0 cm³/mol. The van der Waals surface area contributed by atoms with E-state index in [-0.39, 0.29) is 11.7 Å². The molecule has 0 aromatic carbocycles. The van der Waals surface area contributed by atoms with E-state index in [4.69, 9.17) is 0 Å². The lowest BCUT2D eigenvalue weighted by molar-refractivity contribution is -0.116. The van der Waals surface area contributed by atoms with E-state index >= 15 is 0 Å². The largest absolute Gasteiger partial charge is 0.293 e. The van der Waals surface area contributed by atoms with Crippen LogP contribution in [-0.2, 0) is 4.79 Å². The molecule has 1 aliphatic carbocycles. The second-order valence-corrected chi connectivity index (χ2v) is 5.49. The molecule has 0 radical (unpaired) electrons. The molecule has 1 aliphatic rings. The Labute approximate surface area is 112 Å². The van der Waals surface area contributed by atoms with Crippen LogP contribution in [0, 0.1) is 5.92 Å². The minimum Gasteiger partial charge on any atom is -0.293 e. The molecule has 0 atom stereocenters. The van der Waals surface area contributed by atoms with Crippen LogP contribution in [0.2, 0.25) is 0 Å². The van der Waals surface area contributed by atoms with Crippen LogP contribution in [0.25, 0.3) is 4.91 Å². The van der Waals surface area contributed by atoms with Crippen molar-refractivity contribution in [1.82, 2.24) is 4.98 Å². The molecule has 0 unspecified atom stereocenters. The fourth-order valence-electron chi connectivity index (χ4n) is 1.64. The van der Waals surface area contributed by atoms with Crippen LogP contribution in [0.4, 0.5) is 0 Å². The summed E-state index contributed by atoms with van der Waals surface area (Å²) >= 11 is 1.45. The molecule has 1 aromatic heterocycles. The van der Waals surface area contributed by atoms with Gasteiger partial charge in [-0.25, -0.2) is 0 Å². The summed E-state index contributed by atoms with van der Waals surface area (Å²) in [5.41, 5.74) is 0.841. The van der Waals surface area contributed by atoms with E-state index in [1.165, 1.54) is 11.8 Å². The van der Waals surface area contributed by atoms with Gasteiger partial charge in [0, 0.05) is 17.0 Å². The first-order valence-corrected chi connectivity index (χ1v) is 7.06. The summed E-state index contributed by atoms with van der Waals surface area (Å²) in [4.78, 5) is 18.0. The monoisotopic (exact) mass is 259 g/mol. The molecule has 2 rings (SSSR count). The summed E-state index contributed by atoms with van der Waals surface area (Å²) in [6.07, 6.45) is 6.69. The Morgan fingerprint density at radius 2 is 2.33 bits per heavy atom. The van der Waals surface area contributed by atoms with Crippen LogP contribution in [0.5, 0.6) is 0 Å². The van der Waals surface area contributed by atoms with E-state index in [0.29, 0.717) is 0 Å². The first-order chi connectivity index (χ1) is 8.72. The van der Waals surface area contributed by atoms with Crippen LogP contribution < -0.4 is 0 Å². The molecule has 0 aliphatic heterocycles.